The summed E-state index contributed by atoms with van der Waals surface area (Å²) >= 11 is 1.46. The molecule has 1 heterocycles. The Hall–Kier alpha value is -2.04. The van der Waals surface area contributed by atoms with Crippen molar-refractivity contribution in [3.63, 3.8) is 0 Å². The summed E-state index contributed by atoms with van der Waals surface area (Å²) in [6.45, 7) is 4.33. The van der Waals surface area contributed by atoms with Gasteiger partial charge in [-0.2, -0.15) is 5.26 Å². The maximum Gasteiger partial charge on any atom is 0.191 e. The molecule has 2 rings (SSSR count). The van der Waals surface area contributed by atoms with Gasteiger partial charge < -0.3 is 14.4 Å². The summed E-state index contributed by atoms with van der Waals surface area (Å²) in [5, 5.41) is 27.4. The number of nitrogens with zero attached hydrogens (tertiary/aromatic N) is 4. The third kappa shape index (κ3) is 5.27. The van der Waals surface area contributed by atoms with E-state index in [1.54, 1.807) is 6.33 Å². The first-order chi connectivity index (χ1) is 11.1. The summed E-state index contributed by atoms with van der Waals surface area (Å²) in [5.41, 5.74) is 0.948. The zero-order chi connectivity index (χ0) is 16.7. The summed E-state index contributed by atoms with van der Waals surface area (Å²) in [6.07, 6.45) is 1.48. The molecule has 1 unspecified atom stereocenters. The lowest BCUT2D eigenvalue weighted by molar-refractivity contribution is 0.126. The predicted octanol–water partition coefficient (Wildman–Crippen LogP) is 2.46. The van der Waals surface area contributed by atoms with E-state index in [0.29, 0.717) is 17.9 Å². The van der Waals surface area contributed by atoms with Gasteiger partial charge in [0.15, 0.2) is 5.16 Å². The van der Waals surface area contributed by atoms with Crippen molar-refractivity contribution in [1.82, 2.24) is 14.8 Å². The standard InChI is InChI=1S/C16H20N4O2S/c1-12(2)20-11-18-19-16(20)23-10-14(21)9-22-15-5-3-13(4-6-15)7-8-17/h3-6,11-12,14,21H,7,9-10H2,1-2H3. The second kappa shape index (κ2) is 8.56. The number of hydrogen-bond donors (Lipinski definition) is 1. The average molecular weight is 332 g/mol. The Morgan fingerprint density at radius 3 is 2.74 bits per heavy atom. The van der Waals surface area contributed by atoms with Gasteiger partial charge >= 0.3 is 0 Å². The number of aliphatic hydroxyl groups excluding tert-OH is 1. The van der Waals surface area contributed by atoms with E-state index in [1.807, 2.05) is 28.8 Å². The van der Waals surface area contributed by atoms with Crippen molar-refractivity contribution in [2.75, 3.05) is 12.4 Å². The minimum atomic E-state index is -0.601. The van der Waals surface area contributed by atoms with E-state index < -0.39 is 6.10 Å². The topological polar surface area (TPSA) is 84.0 Å². The molecule has 0 aliphatic heterocycles. The van der Waals surface area contributed by atoms with Crippen LogP contribution in [0.3, 0.4) is 0 Å². The number of benzene rings is 1. The van der Waals surface area contributed by atoms with Crippen LogP contribution in [0.4, 0.5) is 0 Å². The van der Waals surface area contributed by atoms with Gasteiger partial charge in [0.25, 0.3) is 0 Å². The van der Waals surface area contributed by atoms with Crippen molar-refractivity contribution in [2.45, 2.75) is 37.6 Å². The van der Waals surface area contributed by atoms with Crippen LogP contribution in [0.1, 0.15) is 25.5 Å². The van der Waals surface area contributed by atoms with Crippen LogP contribution in [0.15, 0.2) is 35.7 Å². The minimum absolute atomic E-state index is 0.209. The van der Waals surface area contributed by atoms with Gasteiger partial charge in [-0.1, -0.05) is 23.9 Å². The fourth-order valence-electron chi connectivity index (χ4n) is 1.90. The monoisotopic (exact) mass is 332 g/mol. The van der Waals surface area contributed by atoms with Crippen molar-refractivity contribution < 1.29 is 9.84 Å². The molecule has 1 atom stereocenters. The summed E-state index contributed by atoms with van der Waals surface area (Å²) in [6, 6.07) is 9.70. The molecule has 23 heavy (non-hydrogen) atoms. The number of aromatic nitrogens is 3. The van der Waals surface area contributed by atoms with Gasteiger partial charge in [-0.3, -0.25) is 0 Å². The SMILES string of the molecule is CC(C)n1cnnc1SCC(O)COc1ccc(CC#N)cc1. The molecule has 0 bridgehead atoms. The van der Waals surface area contributed by atoms with E-state index in [4.69, 9.17) is 10.00 Å². The number of rotatable bonds is 8. The molecule has 0 radical (unpaired) electrons. The highest BCUT2D eigenvalue weighted by molar-refractivity contribution is 7.99. The highest BCUT2D eigenvalue weighted by Gasteiger charge is 2.12. The number of ether oxygens (including phenoxy) is 1. The molecule has 0 saturated heterocycles. The minimum Gasteiger partial charge on any atom is -0.491 e. The van der Waals surface area contributed by atoms with Gasteiger partial charge in [-0.25, -0.2) is 0 Å². The number of hydrogen-bond acceptors (Lipinski definition) is 6. The van der Waals surface area contributed by atoms with E-state index in [2.05, 4.69) is 30.1 Å². The van der Waals surface area contributed by atoms with Crippen molar-refractivity contribution in [1.29, 1.82) is 5.26 Å². The molecule has 0 amide bonds. The number of aliphatic hydroxyl groups is 1. The Morgan fingerprint density at radius 1 is 1.35 bits per heavy atom. The quantitative estimate of drug-likeness (QED) is 0.748. The first-order valence-electron chi connectivity index (χ1n) is 7.39. The van der Waals surface area contributed by atoms with Gasteiger partial charge in [0.2, 0.25) is 0 Å². The summed E-state index contributed by atoms with van der Waals surface area (Å²) in [7, 11) is 0. The third-order valence-electron chi connectivity index (χ3n) is 3.15. The lowest BCUT2D eigenvalue weighted by atomic mass is 10.2. The second-order valence-electron chi connectivity index (χ2n) is 5.37. The highest BCUT2D eigenvalue weighted by atomic mass is 32.2. The summed E-state index contributed by atoms with van der Waals surface area (Å²) in [5.74, 6) is 1.17. The molecule has 0 fully saturated rings. The first-order valence-corrected chi connectivity index (χ1v) is 8.37. The third-order valence-corrected chi connectivity index (χ3v) is 4.25. The maximum absolute atomic E-state index is 10.0. The Kier molecular flexibility index (Phi) is 6.44. The Balaban J connectivity index is 1.77. The molecule has 7 heteroatoms. The number of thioether (sulfide) groups is 1. The van der Waals surface area contributed by atoms with E-state index in [-0.39, 0.29) is 12.6 Å². The zero-order valence-corrected chi connectivity index (χ0v) is 14.0. The summed E-state index contributed by atoms with van der Waals surface area (Å²) < 4.78 is 7.52. The van der Waals surface area contributed by atoms with Crippen molar-refractivity contribution in [3.05, 3.63) is 36.2 Å². The van der Waals surface area contributed by atoms with Gasteiger partial charge in [0.05, 0.1) is 18.6 Å². The van der Waals surface area contributed by atoms with Crippen molar-refractivity contribution in [2.24, 2.45) is 0 Å². The Bertz CT molecular complexity index is 649. The van der Waals surface area contributed by atoms with Crippen LogP contribution in [0.2, 0.25) is 0 Å². The lowest BCUT2D eigenvalue weighted by Crippen LogP contribution is -2.20. The molecule has 0 spiro atoms. The van der Waals surface area contributed by atoms with Crippen LogP contribution in [0.5, 0.6) is 5.75 Å². The van der Waals surface area contributed by atoms with Crippen LogP contribution < -0.4 is 4.74 Å². The molecule has 0 aliphatic rings. The molecule has 2 aromatic rings. The average Bonchev–Trinajstić information content (AvgIpc) is 3.01. The number of nitriles is 1. The Morgan fingerprint density at radius 2 is 2.09 bits per heavy atom. The van der Waals surface area contributed by atoms with Gasteiger partial charge in [-0.15, -0.1) is 10.2 Å². The molecular formula is C16H20N4O2S. The van der Waals surface area contributed by atoms with E-state index in [0.717, 1.165) is 10.7 Å². The predicted molar refractivity (Wildman–Crippen MR) is 88.4 cm³/mol. The molecule has 1 N–H and O–H groups in total. The van der Waals surface area contributed by atoms with Crippen LogP contribution in [-0.2, 0) is 6.42 Å². The van der Waals surface area contributed by atoms with E-state index in [9.17, 15) is 5.11 Å². The normalized spacial score (nSPS) is 12.1. The summed E-state index contributed by atoms with van der Waals surface area (Å²) in [4.78, 5) is 0. The Labute approximate surface area is 140 Å². The van der Waals surface area contributed by atoms with Gasteiger partial charge in [0.1, 0.15) is 18.7 Å². The molecule has 0 aliphatic carbocycles. The lowest BCUT2D eigenvalue weighted by Gasteiger charge is -2.13. The van der Waals surface area contributed by atoms with Gasteiger partial charge in [0, 0.05) is 11.8 Å². The molecule has 1 aromatic carbocycles. The van der Waals surface area contributed by atoms with Gasteiger partial charge in [-0.05, 0) is 31.5 Å². The molecular weight excluding hydrogens is 312 g/mol. The molecule has 122 valence electrons. The zero-order valence-electron chi connectivity index (χ0n) is 13.2. The van der Waals surface area contributed by atoms with E-state index in [1.165, 1.54) is 11.8 Å². The van der Waals surface area contributed by atoms with E-state index >= 15 is 0 Å². The van der Waals surface area contributed by atoms with Crippen LogP contribution in [0, 0.1) is 11.3 Å². The van der Waals surface area contributed by atoms with Crippen LogP contribution >= 0.6 is 11.8 Å². The van der Waals surface area contributed by atoms with Crippen molar-refractivity contribution >= 4 is 11.8 Å². The van der Waals surface area contributed by atoms with Crippen molar-refractivity contribution in [3.8, 4) is 11.8 Å². The first kappa shape index (κ1) is 17.3. The molecule has 6 nitrogen and oxygen atoms in total. The maximum atomic E-state index is 10.0. The van der Waals surface area contributed by atoms with Crippen LogP contribution in [-0.4, -0.2) is 38.3 Å². The fourth-order valence-corrected chi connectivity index (χ4v) is 2.85. The fraction of sp³-hybridized carbons (Fsp3) is 0.438. The molecule has 1 aromatic heterocycles. The van der Waals surface area contributed by atoms with Crippen LogP contribution in [0.25, 0.3) is 0 Å². The second-order valence-corrected chi connectivity index (χ2v) is 6.36. The highest BCUT2D eigenvalue weighted by Crippen LogP contribution is 2.20. The smallest absolute Gasteiger partial charge is 0.191 e. The molecule has 0 saturated carbocycles. The largest absolute Gasteiger partial charge is 0.491 e.